The third kappa shape index (κ3) is 2.89. The molecule has 0 aromatic heterocycles. The molecule has 0 spiro atoms. The molecule has 1 saturated heterocycles. The lowest BCUT2D eigenvalue weighted by Crippen LogP contribution is -2.25. The van der Waals surface area contributed by atoms with Gasteiger partial charge in [0.05, 0.1) is 0 Å². The van der Waals surface area contributed by atoms with E-state index < -0.39 is 0 Å². The Bertz CT molecular complexity index is 440. The average molecular weight is 262 g/mol. The Morgan fingerprint density at radius 2 is 2.17 bits per heavy atom. The molecule has 1 fully saturated rings. The lowest BCUT2D eigenvalue weighted by Gasteiger charge is -2.21. The first kappa shape index (κ1) is 13.5. The van der Waals surface area contributed by atoms with Gasteiger partial charge in [-0.15, -0.1) is 0 Å². The molecular formula is C15H22N2S. The molecule has 0 amide bonds. The van der Waals surface area contributed by atoms with Gasteiger partial charge >= 0.3 is 0 Å². The van der Waals surface area contributed by atoms with Crippen molar-refractivity contribution in [3.63, 3.8) is 0 Å². The first-order chi connectivity index (χ1) is 8.74. The van der Waals surface area contributed by atoms with Crippen LogP contribution in [0.25, 0.3) is 0 Å². The molecule has 0 atom stereocenters. The topological polar surface area (TPSA) is 15.6 Å². The molecule has 3 heteroatoms. The number of thioether (sulfide) groups is 1. The first-order valence-electron chi connectivity index (χ1n) is 6.75. The van der Waals surface area contributed by atoms with Crippen LogP contribution >= 0.6 is 11.8 Å². The number of amidine groups is 1. The van der Waals surface area contributed by atoms with Crippen molar-refractivity contribution in [3.05, 3.63) is 29.3 Å². The average Bonchev–Trinajstić information content (AvgIpc) is 2.81. The van der Waals surface area contributed by atoms with Crippen molar-refractivity contribution in [3.8, 4) is 0 Å². The second kappa shape index (κ2) is 6.28. The summed E-state index contributed by atoms with van der Waals surface area (Å²) in [6, 6.07) is 6.53. The van der Waals surface area contributed by atoms with Crippen molar-refractivity contribution in [1.29, 1.82) is 0 Å². The van der Waals surface area contributed by atoms with Crippen LogP contribution < -0.4 is 4.90 Å². The zero-order chi connectivity index (χ0) is 13.0. The number of benzene rings is 1. The van der Waals surface area contributed by atoms with Gasteiger partial charge in [0, 0.05) is 24.5 Å². The Morgan fingerprint density at radius 1 is 1.33 bits per heavy atom. The molecule has 1 aliphatic heterocycles. The number of hydrogen-bond acceptors (Lipinski definition) is 2. The number of unbranched alkanes of at least 4 members (excludes halogenated alkanes) is 1. The van der Waals surface area contributed by atoms with E-state index in [9.17, 15) is 0 Å². The van der Waals surface area contributed by atoms with Gasteiger partial charge in [-0.25, -0.2) is 0 Å². The highest BCUT2D eigenvalue weighted by atomic mass is 32.2. The minimum atomic E-state index is 0.959. The maximum absolute atomic E-state index is 4.75. The highest BCUT2D eigenvalue weighted by molar-refractivity contribution is 8.14. The van der Waals surface area contributed by atoms with Crippen LogP contribution in [0.2, 0.25) is 0 Å². The van der Waals surface area contributed by atoms with Crippen molar-refractivity contribution in [2.75, 3.05) is 23.7 Å². The van der Waals surface area contributed by atoms with Crippen LogP contribution in [0.3, 0.4) is 0 Å². The summed E-state index contributed by atoms with van der Waals surface area (Å²) in [6.45, 7) is 8.64. The predicted octanol–water partition coefficient (Wildman–Crippen LogP) is 4.01. The van der Waals surface area contributed by atoms with E-state index in [2.05, 4.69) is 43.9 Å². The Labute approximate surface area is 114 Å². The maximum Gasteiger partial charge on any atom is 0.163 e. The molecule has 0 N–H and O–H groups in total. The largest absolute Gasteiger partial charge is 0.320 e. The zero-order valence-electron chi connectivity index (χ0n) is 11.6. The smallest absolute Gasteiger partial charge is 0.163 e. The monoisotopic (exact) mass is 262 g/mol. The second-order valence-corrected chi connectivity index (χ2v) is 5.80. The van der Waals surface area contributed by atoms with Crippen LogP contribution in [0.15, 0.2) is 23.2 Å². The quantitative estimate of drug-likeness (QED) is 0.762. The number of hydrogen-bond donors (Lipinski definition) is 0. The summed E-state index contributed by atoms with van der Waals surface area (Å²) in [5.41, 5.74) is 4.07. The van der Waals surface area contributed by atoms with Crippen molar-refractivity contribution in [2.24, 2.45) is 4.99 Å². The summed E-state index contributed by atoms with van der Waals surface area (Å²) < 4.78 is 0. The van der Waals surface area contributed by atoms with Crippen LogP contribution in [0.5, 0.6) is 0 Å². The lowest BCUT2D eigenvalue weighted by molar-refractivity contribution is 0.807. The SMILES string of the molecule is CCCCN=C1SCCN1c1cccc(C)c1C. The van der Waals surface area contributed by atoms with Crippen molar-refractivity contribution < 1.29 is 0 Å². The Balaban J connectivity index is 2.21. The number of anilines is 1. The molecule has 98 valence electrons. The van der Waals surface area contributed by atoms with Gasteiger partial charge in [-0.3, -0.25) is 4.99 Å². The fourth-order valence-electron chi connectivity index (χ4n) is 2.12. The van der Waals surface area contributed by atoms with Gasteiger partial charge in [0.2, 0.25) is 0 Å². The van der Waals surface area contributed by atoms with E-state index in [1.165, 1.54) is 34.8 Å². The second-order valence-electron chi connectivity index (χ2n) is 4.74. The first-order valence-corrected chi connectivity index (χ1v) is 7.73. The van der Waals surface area contributed by atoms with Crippen LogP contribution in [0.1, 0.15) is 30.9 Å². The summed E-state index contributed by atoms with van der Waals surface area (Å²) in [4.78, 5) is 7.12. The molecule has 0 unspecified atom stereocenters. The van der Waals surface area contributed by atoms with E-state index in [4.69, 9.17) is 4.99 Å². The zero-order valence-corrected chi connectivity index (χ0v) is 12.4. The number of aryl methyl sites for hydroxylation is 1. The van der Waals surface area contributed by atoms with Crippen molar-refractivity contribution in [2.45, 2.75) is 33.6 Å². The number of rotatable bonds is 4. The van der Waals surface area contributed by atoms with Crippen molar-refractivity contribution in [1.82, 2.24) is 0 Å². The van der Waals surface area contributed by atoms with E-state index in [0.717, 1.165) is 18.8 Å². The minimum Gasteiger partial charge on any atom is -0.320 e. The van der Waals surface area contributed by atoms with Gasteiger partial charge in [0.15, 0.2) is 5.17 Å². The van der Waals surface area contributed by atoms with Crippen LogP contribution in [0.4, 0.5) is 5.69 Å². The summed E-state index contributed by atoms with van der Waals surface area (Å²) in [5, 5.41) is 1.21. The predicted molar refractivity (Wildman–Crippen MR) is 82.9 cm³/mol. The highest BCUT2D eigenvalue weighted by Crippen LogP contribution is 2.29. The fraction of sp³-hybridized carbons (Fsp3) is 0.533. The number of nitrogens with zero attached hydrogens (tertiary/aromatic N) is 2. The molecule has 18 heavy (non-hydrogen) atoms. The molecule has 2 rings (SSSR count). The molecule has 1 aliphatic rings. The molecular weight excluding hydrogens is 240 g/mol. The third-order valence-corrected chi connectivity index (χ3v) is 4.40. The normalized spacial score (nSPS) is 17.7. The van der Waals surface area contributed by atoms with Gasteiger partial charge in [-0.2, -0.15) is 0 Å². The molecule has 0 bridgehead atoms. The van der Waals surface area contributed by atoms with Gasteiger partial charge in [0.1, 0.15) is 0 Å². The Hall–Kier alpha value is -0.960. The molecule has 2 nitrogen and oxygen atoms in total. The van der Waals surface area contributed by atoms with E-state index >= 15 is 0 Å². The standard InChI is InChI=1S/C15H22N2S/c1-4-5-9-16-15-17(10-11-18-15)14-8-6-7-12(2)13(14)3/h6-8H,4-5,9-11H2,1-3H3. The van der Waals surface area contributed by atoms with Crippen LogP contribution in [0, 0.1) is 13.8 Å². The van der Waals surface area contributed by atoms with E-state index in [0.29, 0.717) is 0 Å². The van der Waals surface area contributed by atoms with Crippen LogP contribution in [-0.2, 0) is 0 Å². The summed E-state index contributed by atoms with van der Waals surface area (Å²) >= 11 is 1.89. The maximum atomic E-state index is 4.75. The Morgan fingerprint density at radius 3 is 2.94 bits per heavy atom. The third-order valence-electron chi connectivity index (χ3n) is 3.40. The van der Waals surface area contributed by atoms with E-state index in [1.807, 2.05) is 11.8 Å². The molecule has 0 aliphatic carbocycles. The minimum absolute atomic E-state index is 0.959. The van der Waals surface area contributed by atoms with Gasteiger partial charge < -0.3 is 4.90 Å². The van der Waals surface area contributed by atoms with Gasteiger partial charge in [0.25, 0.3) is 0 Å². The van der Waals surface area contributed by atoms with E-state index in [1.54, 1.807) is 0 Å². The van der Waals surface area contributed by atoms with E-state index in [-0.39, 0.29) is 0 Å². The molecule has 1 heterocycles. The fourth-order valence-corrected chi connectivity index (χ4v) is 3.10. The summed E-state index contributed by atoms with van der Waals surface area (Å²) in [7, 11) is 0. The Kier molecular flexibility index (Phi) is 4.70. The molecule has 0 radical (unpaired) electrons. The number of aliphatic imine (C=N–C) groups is 1. The molecule has 1 aromatic carbocycles. The molecule has 1 aromatic rings. The van der Waals surface area contributed by atoms with Crippen molar-refractivity contribution >= 4 is 22.6 Å². The highest BCUT2D eigenvalue weighted by Gasteiger charge is 2.22. The summed E-state index contributed by atoms with van der Waals surface area (Å²) in [6.07, 6.45) is 2.40. The van der Waals surface area contributed by atoms with Gasteiger partial charge in [-0.05, 0) is 37.5 Å². The summed E-state index contributed by atoms with van der Waals surface area (Å²) in [5.74, 6) is 1.15. The van der Waals surface area contributed by atoms with Gasteiger partial charge in [-0.1, -0.05) is 37.2 Å². The van der Waals surface area contributed by atoms with Crippen LogP contribution in [-0.4, -0.2) is 24.0 Å². The lowest BCUT2D eigenvalue weighted by atomic mass is 10.1. The molecule has 0 saturated carbocycles.